The second-order valence-electron chi connectivity index (χ2n) is 5.30. The molecule has 2 aliphatic rings. The molecule has 4 heteroatoms. The lowest BCUT2D eigenvalue weighted by atomic mass is 10.1. The largest absolute Gasteiger partial charge is 0.330 e. The molecule has 3 nitrogen and oxygen atoms in total. The third kappa shape index (κ3) is 1.91. The number of fused-ring (bicyclic) bond motifs is 2. The van der Waals surface area contributed by atoms with Gasteiger partial charge in [0.25, 0.3) is 5.91 Å². The summed E-state index contributed by atoms with van der Waals surface area (Å²) < 4.78 is 0. The summed E-state index contributed by atoms with van der Waals surface area (Å²) in [6, 6.07) is 8.05. The maximum Gasteiger partial charge on any atom is 0.255 e. The van der Waals surface area contributed by atoms with Crippen molar-refractivity contribution in [1.82, 2.24) is 9.80 Å². The molecule has 2 saturated heterocycles. The van der Waals surface area contributed by atoms with Gasteiger partial charge in [-0.15, -0.1) is 0 Å². The molecule has 1 aromatic carbocycles. The van der Waals surface area contributed by atoms with Crippen LogP contribution < -0.4 is 0 Å². The lowest BCUT2D eigenvalue weighted by Gasteiger charge is -2.39. The number of rotatable bonds is 1. The molecule has 1 aromatic rings. The van der Waals surface area contributed by atoms with Crippen LogP contribution in [0.1, 0.15) is 23.2 Å². The van der Waals surface area contributed by atoms with Crippen LogP contribution in [0.15, 0.2) is 24.3 Å². The fraction of sp³-hybridized carbons (Fsp3) is 0.500. The standard InChI is InChI=1S/C14H17ClN2O/c1-16-8-10-6-7-11(9-16)17(10)14(18)12-4-2-3-5-13(12)15/h2-5,10-11H,6-9H2,1H3. The number of likely N-dealkylation sites (N-methyl/N-ethyl adjacent to an activating group) is 1. The summed E-state index contributed by atoms with van der Waals surface area (Å²) in [6.45, 7) is 1.96. The predicted octanol–water partition coefficient (Wildman–Crippen LogP) is 2.26. The number of likely N-dealkylation sites (tertiary alicyclic amines) is 1. The van der Waals surface area contributed by atoms with E-state index in [2.05, 4.69) is 16.8 Å². The lowest BCUT2D eigenvalue weighted by Crippen LogP contribution is -2.54. The molecule has 2 bridgehead atoms. The van der Waals surface area contributed by atoms with Crippen molar-refractivity contribution >= 4 is 17.5 Å². The number of hydrogen-bond acceptors (Lipinski definition) is 2. The summed E-state index contributed by atoms with van der Waals surface area (Å²) in [5.41, 5.74) is 0.639. The fourth-order valence-corrected chi connectivity index (χ4v) is 3.44. The van der Waals surface area contributed by atoms with Gasteiger partial charge in [0.05, 0.1) is 10.6 Å². The summed E-state index contributed by atoms with van der Waals surface area (Å²) in [5.74, 6) is 0.0983. The second kappa shape index (κ2) is 4.56. The minimum absolute atomic E-state index is 0.0983. The monoisotopic (exact) mass is 264 g/mol. The number of benzene rings is 1. The van der Waals surface area contributed by atoms with Crippen molar-refractivity contribution in [2.24, 2.45) is 0 Å². The van der Waals surface area contributed by atoms with E-state index in [0.717, 1.165) is 25.9 Å². The molecule has 2 fully saturated rings. The molecule has 0 N–H and O–H groups in total. The zero-order valence-electron chi connectivity index (χ0n) is 10.5. The molecular weight excluding hydrogens is 248 g/mol. The quantitative estimate of drug-likeness (QED) is 0.777. The SMILES string of the molecule is CN1CC2CCC(C1)N2C(=O)c1ccccc1Cl. The van der Waals surface area contributed by atoms with Gasteiger partial charge in [-0.25, -0.2) is 0 Å². The van der Waals surface area contributed by atoms with Gasteiger partial charge in [0.2, 0.25) is 0 Å². The summed E-state index contributed by atoms with van der Waals surface area (Å²) >= 11 is 6.12. The van der Waals surface area contributed by atoms with Gasteiger partial charge < -0.3 is 9.80 Å². The average Bonchev–Trinajstić information content (AvgIpc) is 2.61. The molecule has 2 atom stereocenters. The Morgan fingerprint density at radius 3 is 2.44 bits per heavy atom. The number of carbonyl (C=O) groups is 1. The van der Waals surface area contributed by atoms with E-state index >= 15 is 0 Å². The third-order valence-electron chi connectivity index (χ3n) is 4.00. The van der Waals surface area contributed by atoms with Gasteiger partial charge in [-0.05, 0) is 32.0 Å². The molecule has 0 aromatic heterocycles. The number of halogens is 1. The summed E-state index contributed by atoms with van der Waals surface area (Å²) in [4.78, 5) is 17.0. The van der Waals surface area contributed by atoms with Crippen molar-refractivity contribution < 1.29 is 4.79 Å². The number of carbonyl (C=O) groups excluding carboxylic acids is 1. The average molecular weight is 265 g/mol. The Morgan fingerprint density at radius 2 is 1.83 bits per heavy atom. The topological polar surface area (TPSA) is 23.6 Å². The Hall–Kier alpha value is -1.06. The summed E-state index contributed by atoms with van der Waals surface area (Å²) in [7, 11) is 2.13. The summed E-state index contributed by atoms with van der Waals surface area (Å²) in [6.07, 6.45) is 2.23. The van der Waals surface area contributed by atoms with Crippen LogP contribution >= 0.6 is 11.6 Å². The van der Waals surface area contributed by atoms with E-state index in [4.69, 9.17) is 11.6 Å². The van der Waals surface area contributed by atoms with Crippen LogP contribution in [0.4, 0.5) is 0 Å². The van der Waals surface area contributed by atoms with Crippen molar-refractivity contribution in [1.29, 1.82) is 0 Å². The zero-order valence-corrected chi connectivity index (χ0v) is 11.2. The van der Waals surface area contributed by atoms with Gasteiger partial charge in [-0.2, -0.15) is 0 Å². The Bertz CT molecular complexity index is 463. The first-order valence-electron chi connectivity index (χ1n) is 6.42. The number of nitrogens with zero attached hydrogens (tertiary/aromatic N) is 2. The molecule has 96 valence electrons. The van der Waals surface area contributed by atoms with Crippen LogP contribution in [-0.4, -0.2) is 47.9 Å². The van der Waals surface area contributed by atoms with E-state index in [-0.39, 0.29) is 5.91 Å². The highest BCUT2D eigenvalue weighted by atomic mass is 35.5. The first-order chi connectivity index (χ1) is 8.66. The molecule has 0 saturated carbocycles. The van der Waals surface area contributed by atoms with E-state index in [9.17, 15) is 4.79 Å². The molecule has 3 rings (SSSR count). The Labute approximate surface area is 112 Å². The molecule has 0 spiro atoms. The minimum Gasteiger partial charge on any atom is -0.330 e. The fourth-order valence-electron chi connectivity index (χ4n) is 3.22. The van der Waals surface area contributed by atoms with Crippen LogP contribution in [-0.2, 0) is 0 Å². The van der Waals surface area contributed by atoms with Crippen molar-refractivity contribution in [3.05, 3.63) is 34.9 Å². The highest BCUT2D eigenvalue weighted by molar-refractivity contribution is 6.33. The first-order valence-corrected chi connectivity index (χ1v) is 6.80. The van der Waals surface area contributed by atoms with E-state index in [0.29, 0.717) is 22.7 Å². The molecule has 2 heterocycles. The highest BCUT2D eigenvalue weighted by Gasteiger charge is 2.41. The van der Waals surface area contributed by atoms with Gasteiger partial charge in [-0.3, -0.25) is 4.79 Å². The molecule has 0 radical (unpaired) electrons. The van der Waals surface area contributed by atoms with Gasteiger partial charge in [0.15, 0.2) is 0 Å². The maximum absolute atomic E-state index is 12.6. The normalized spacial score (nSPS) is 27.6. The minimum atomic E-state index is 0.0983. The van der Waals surface area contributed by atoms with Crippen molar-refractivity contribution in [2.75, 3.05) is 20.1 Å². The van der Waals surface area contributed by atoms with E-state index < -0.39 is 0 Å². The van der Waals surface area contributed by atoms with Gasteiger partial charge in [-0.1, -0.05) is 23.7 Å². The van der Waals surface area contributed by atoms with Crippen LogP contribution in [0.5, 0.6) is 0 Å². The van der Waals surface area contributed by atoms with Gasteiger partial charge in [0.1, 0.15) is 0 Å². The number of piperazine rings is 1. The van der Waals surface area contributed by atoms with Gasteiger partial charge in [0, 0.05) is 25.2 Å². The summed E-state index contributed by atoms with van der Waals surface area (Å²) in [5, 5.41) is 0.556. The van der Waals surface area contributed by atoms with E-state index in [1.54, 1.807) is 6.07 Å². The maximum atomic E-state index is 12.6. The number of amides is 1. The van der Waals surface area contributed by atoms with E-state index in [1.807, 2.05) is 18.2 Å². The Balaban J connectivity index is 1.88. The molecule has 2 unspecified atom stereocenters. The van der Waals surface area contributed by atoms with Crippen LogP contribution in [0.25, 0.3) is 0 Å². The smallest absolute Gasteiger partial charge is 0.255 e. The molecule has 2 aliphatic heterocycles. The van der Waals surface area contributed by atoms with Crippen LogP contribution in [0, 0.1) is 0 Å². The second-order valence-corrected chi connectivity index (χ2v) is 5.71. The van der Waals surface area contributed by atoms with Crippen LogP contribution in [0.2, 0.25) is 5.02 Å². The van der Waals surface area contributed by atoms with Crippen molar-refractivity contribution in [3.8, 4) is 0 Å². The lowest BCUT2D eigenvalue weighted by molar-refractivity contribution is 0.0473. The predicted molar refractivity (Wildman–Crippen MR) is 71.9 cm³/mol. The van der Waals surface area contributed by atoms with Gasteiger partial charge >= 0.3 is 0 Å². The Morgan fingerprint density at radius 1 is 1.22 bits per heavy atom. The zero-order chi connectivity index (χ0) is 12.7. The first kappa shape index (κ1) is 12.0. The third-order valence-corrected chi connectivity index (χ3v) is 4.33. The molecule has 0 aliphatic carbocycles. The molecular formula is C14H17ClN2O. The number of hydrogen-bond donors (Lipinski definition) is 0. The molecule has 18 heavy (non-hydrogen) atoms. The van der Waals surface area contributed by atoms with Crippen molar-refractivity contribution in [3.63, 3.8) is 0 Å². The van der Waals surface area contributed by atoms with Crippen molar-refractivity contribution in [2.45, 2.75) is 24.9 Å². The Kier molecular flexibility index (Phi) is 3.04. The molecule has 1 amide bonds. The van der Waals surface area contributed by atoms with Crippen LogP contribution in [0.3, 0.4) is 0 Å². The highest BCUT2D eigenvalue weighted by Crippen LogP contribution is 2.32. The van der Waals surface area contributed by atoms with E-state index in [1.165, 1.54) is 0 Å².